The first-order valence-corrected chi connectivity index (χ1v) is 7.05. The maximum absolute atomic E-state index is 11.3. The number of benzene rings is 1. The van der Waals surface area contributed by atoms with E-state index in [1.165, 1.54) is 0 Å². The molecule has 112 valence electrons. The number of carbonyl (C=O) groups excluding carboxylic acids is 1. The van der Waals surface area contributed by atoms with Gasteiger partial charge in [-0.25, -0.2) is 0 Å². The molecule has 3 N–H and O–H groups in total. The lowest BCUT2D eigenvalue weighted by Gasteiger charge is -2.15. The van der Waals surface area contributed by atoms with Gasteiger partial charge < -0.3 is 20.5 Å². The van der Waals surface area contributed by atoms with Crippen molar-refractivity contribution >= 4 is 5.91 Å². The van der Waals surface area contributed by atoms with Crippen LogP contribution in [0.1, 0.15) is 26.7 Å². The molecular formula is C15H24N2O3. The predicted octanol–water partition coefficient (Wildman–Crippen LogP) is 1.71. The van der Waals surface area contributed by atoms with Gasteiger partial charge in [0.1, 0.15) is 11.5 Å². The third-order valence-corrected chi connectivity index (χ3v) is 2.79. The molecule has 0 aliphatic rings. The minimum absolute atomic E-state index is 0.336. The summed E-state index contributed by atoms with van der Waals surface area (Å²) in [5.41, 5.74) is 5.34. The van der Waals surface area contributed by atoms with Gasteiger partial charge in [-0.05, 0) is 44.2 Å². The molecule has 0 bridgehead atoms. The molecule has 0 aromatic heterocycles. The molecule has 1 rings (SSSR count). The van der Waals surface area contributed by atoms with E-state index in [0.29, 0.717) is 19.6 Å². The van der Waals surface area contributed by atoms with Crippen LogP contribution in [0, 0.1) is 0 Å². The van der Waals surface area contributed by atoms with E-state index < -0.39 is 0 Å². The number of hydrogen-bond acceptors (Lipinski definition) is 4. The van der Waals surface area contributed by atoms with Crippen LogP contribution in [0.15, 0.2) is 24.3 Å². The van der Waals surface area contributed by atoms with Gasteiger partial charge >= 0.3 is 0 Å². The first kappa shape index (κ1) is 16.3. The highest BCUT2D eigenvalue weighted by Gasteiger charge is 2.13. The van der Waals surface area contributed by atoms with Crippen LogP contribution < -0.4 is 20.5 Å². The van der Waals surface area contributed by atoms with E-state index in [-0.39, 0.29) is 11.9 Å². The van der Waals surface area contributed by atoms with Crippen LogP contribution in [0.25, 0.3) is 0 Å². The number of rotatable bonds is 10. The quantitative estimate of drug-likeness (QED) is 0.684. The van der Waals surface area contributed by atoms with Crippen LogP contribution in [0.4, 0.5) is 0 Å². The second kappa shape index (κ2) is 9.20. The summed E-state index contributed by atoms with van der Waals surface area (Å²) in [6.07, 6.45) is 1.52. The zero-order chi connectivity index (χ0) is 14.8. The van der Waals surface area contributed by atoms with Crippen LogP contribution in [0.2, 0.25) is 0 Å². The molecule has 5 heteroatoms. The summed E-state index contributed by atoms with van der Waals surface area (Å²) in [7, 11) is 0. The molecule has 20 heavy (non-hydrogen) atoms. The maximum Gasteiger partial charge on any atom is 0.234 e. The summed E-state index contributed by atoms with van der Waals surface area (Å²) in [5.74, 6) is 1.24. The normalized spacial score (nSPS) is 11.9. The van der Waals surface area contributed by atoms with Gasteiger partial charge in [0.2, 0.25) is 5.91 Å². The van der Waals surface area contributed by atoms with Crippen LogP contribution in [-0.2, 0) is 4.79 Å². The van der Waals surface area contributed by atoms with Crippen molar-refractivity contribution in [3.05, 3.63) is 24.3 Å². The number of ether oxygens (including phenoxy) is 2. The Morgan fingerprint density at radius 3 is 2.30 bits per heavy atom. The monoisotopic (exact) mass is 280 g/mol. The summed E-state index contributed by atoms with van der Waals surface area (Å²) >= 11 is 0. The Balaban J connectivity index is 2.36. The summed E-state index contributed by atoms with van der Waals surface area (Å²) < 4.78 is 10.9. The Kier molecular flexibility index (Phi) is 7.50. The minimum atomic E-state index is -0.339. The summed E-state index contributed by atoms with van der Waals surface area (Å²) in [6, 6.07) is 7.09. The van der Waals surface area contributed by atoms with Crippen LogP contribution >= 0.6 is 0 Å². The largest absolute Gasteiger partial charge is 0.494 e. The Bertz CT molecular complexity index is 393. The number of carbonyl (C=O) groups is 1. The highest BCUT2D eigenvalue weighted by Crippen LogP contribution is 2.17. The van der Waals surface area contributed by atoms with E-state index in [4.69, 9.17) is 15.2 Å². The molecule has 1 unspecified atom stereocenters. The number of amides is 1. The van der Waals surface area contributed by atoms with E-state index in [0.717, 1.165) is 24.5 Å². The predicted molar refractivity (Wildman–Crippen MR) is 79.0 cm³/mol. The smallest absolute Gasteiger partial charge is 0.234 e. The summed E-state index contributed by atoms with van der Waals surface area (Å²) in [4.78, 5) is 11.3. The van der Waals surface area contributed by atoms with Crippen LogP contribution in [0.3, 0.4) is 0 Å². The van der Waals surface area contributed by atoms with Gasteiger partial charge in [0.25, 0.3) is 0 Å². The van der Waals surface area contributed by atoms with E-state index >= 15 is 0 Å². The molecule has 1 atom stereocenters. The molecular weight excluding hydrogens is 256 g/mol. The molecule has 1 amide bonds. The van der Waals surface area contributed by atoms with Gasteiger partial charge in [-0.1, -0.05) is 6.92 Å². The fraction of sp³-hybridized carbons (Fsp3) is 0.533. The molecule has 0 saturated heterocycles. The second-order valence-corrected chi connectivity index (χ2v) is 4.45. The Hall–Kier alpha value is -1.75. The molecule has 0 radical (unpaired) electrons. The molecule has 5 nitrogen and oxygen atoms in total. The van der Waals surface area contributed by atoms with Gasteiger partial charge in [-0.3, -0.25) is 4.79 Å². The van der Waals surface area contributed by atoms with Crippen LogP contribution in [0.5, 0.6) is 11.5 Å². The fourth-order valence-electron chi connectivity index (χ4n) is 1.76. The van der Waals surface area contributed by atoms with Crippen molar-refractivity contribution < 1.29 is 14.3 Å². The van der Waals surface area contributed by atoms with Gasteiger partial charge in [0.15, 0.2) is 0 Å². The Morgan fingerprint density at radius 2 is 1.80 bits per heavy atom. The third kappa shape index (κ3) is 5.93. The highest BCUT2D eigenvalue weighted by atomic mass is 16.5. The Morgan fingerprint density at radius 1 is 1.20 bits per heavy atom. The van der Waals surface area contributed by atoms with Crippen molar-refractivity contribution in [1.82, 2.24) is 5.32 Å². The Labute approximate surface area is 120 Å². The molecule has 0 aliphatic heterocycles. The molecule has 0 saturated carbocycles. The SMILES string of the molecule is CCCNC(CCOc1ccc(OCC)cc1)C(N)=O. The number of nitrogens with two attached hydrogens (primary N) is 1. The third-order valence-electron chi connectivity index (χ3n) is 2.79. The van der Waals surface area contributed by atoms with E-state index in [2.05, 4.69) is 5.32 Å². The first-order valence-electron chi connectivity index (χ1n) is 7.05. The molecule has 0 aliphatic carbocycles. The van der Waals surface area contributed by atoms with Crippen molar-refractivity contribution in [3.8, 4) is 11.5 Å². The topological polar surface area (TPSA) is 73.6 Å². The number of nitrogens with one attached hydrogen (secondary N) is 1. The standard InChI is InChI=1S/C15H24N2O3/c1-3-10-17-14(15(16)18)9-11-20-13-7-5-12(6-8-13)19-4-2/h5-8,14,17H,3-4,9-11H2,1-2H3,(H2,16,18). The van der Waals surface area contributed by atoms with Gasteiger partial charge in [0, 0.05) is 6.42 Å². The fourth-order valence-corrected chi connectivity index (χ4v) is 1.76. The van der Waals surface area contributed by atoms with E-state index in [1.807, 2.05) is 38.1 Å². The van der Waals surface area contributed by atoms with Gasteiger partial charge in [-0.2, -0.15) is 0 Å². The maximum atomic E-state index is 11.3. The van der Waals surface area contributed by atoms with Crippen molar-refractivity contribution in [2.24, 2.45) is 5.73 Å². The summed E-state index contributed by atoms with van der Waals surface area (Å²) in [6.45, 7) is 5.84. The van der Waals surface area contributed by atoms with Gasteiger partial charge in [0.05, 0.1) is 19.3 Å². The van der Waals surface area contributed by atoms with Crippen molar-refractivity contribution in [2.45, 2.75) is 32.7 Å². The number of hydrogen-bond donors (Lipinski definition) is 2. The summed E-state index contributed by atoms with van der Waals surface area (Å²) in [5, 5.41) is 3.11. The molecule has 1 aromatic carbocycles. The molecule has 0 spiro atoms. The lowest BCUT2D eigenvalue weighted by Crippen LogP contribution is -2.42. The molecule has 0 heterocycles. The van der Waals surface area contributed by atoms with Crippen LogP contribution in [-0.4, -0.2) is 31.7 Å². The molecule has 0 fully saturated rings. The first-order chi connectivity index (χ1) is 9.67. The highest BCUT2D eigenvalue weighted by molar-refractivity contribution is 5.79. The average molecular weight is 280 g/mol. The van der Waals surface area contributed by atoms with Gasteiger partial charge in [-0.15, -0.1) is 0 Å². The zero-order valence-electron chi connectivity index (χ0n) is 12.2. The lowest BCUT2D eigenvalue weighted by molar-refractivity contribution is -0.120. The average Bonchev–Trinajstić information content (AvgIpc) is 2.44. The second-order valence-electron chi connectivity index (χ2n) is 4.45. The van der Waals surface area contributed by atoms with Crippen molar-refractivity contribution in [1.29, 1.82) is 0 Å². The molecule has 1 aromatic rings. The zero-order valence-corrected chi connectivity index (χ0v) is 12.2. The number of primary amides is 1. The van der Waals surface area contributed by atoms with E-state index in [9.17, 15) is 4.79 Å². The van der Waals surface area contributed by atoms with Crippen molar-refractivity contribution in [3.63, 3.8) is 0 Å². The minimum Gasteiger partial charge on any atom is -0.494 e. The van der Waals surface area contributed by atoms with E-state index in [1.54, 1.807) is 0 Å². The lowest BCUT2D eigenvalue weighted by atomic mass is 10.2. The van der Waals surface area contributed by atoms with Crippen molar-refractivity contribution in [2.75, 3.05) is 19.8 Å².